The molecule has 43 heteroatoms. The number of nitrogens with one attached hydrogen (secondary N) is 3. The lowest BCUT2D eigenvalue weighted by Crippen LogP contribution is -2.42. The van der Waals surface area contributed by atoms with E-state index in [4.69, 9.17) is 78.8 Å². The molecule has 0 radical (unpaired) electrons. The van der Waals surface area contributed by atoms with Crippen LogP contribution in [0.3, 0.4) is 0 Å². The normalized spacial score (nSPS) is 17.7. The minimum absolute atomic E-state index is 0. The van der Waals surface area contributed by atoms with Crippen molar-refractivity contribution in [1.29, 1.82) is 0 Å². The van der Waals surface area contributed by atoms with E-state index in [1.165, 1.54) is 59.8 Å². The van der Waals surface area contributed by atoms with Gasteiger partial charge in [0.05, 0.1) is 122 Å². The van der Waals surface area contributed by atoms with Crippen molar-refractivity contribution >= 4 is 109 Å². The standard InChI is InChI=1S/C23H18F2N6O4.C15H10ClF2N5O2.C14H20BNO4.C12H24B2O4.C8H8BrNO2.C5H4BrNO.C3H5BrO.2CH4/c24-15-2-1-3-16(25)14(15)8-28-22(33)20-21(26)30-19(23-27-6-7-35-23)18(29-20)12-4-5-17(32)31(9-12)13-10-34-11-13;16-12-10(15-20-4-5-25-15)23-13(19)11(22-12)14(24)21-6-7-8(17)2-1-3-9(7)18;1-13(2)14(3,4)20-15(19-13)10-5-6-12(17)16(7-10)11-8-18-9-11;1-9(2)10(3,4)16-13(15-9)14-17-11(5,6)12(7,8)18-14;9-6-1-2-8(11)10(3-6)7-4-12-5-7;6-4-1-2-5(8)7-3-4;4-3-1-5-2-3;;/h1-7,9,13H,8,10-11H2,(H2,26,30)(H,28,33);1-5H,6H2,(H2,19,23)(H,21,24);5-7,11H,8-9H2,1-4H3;1-8H3;1-3,7H,4-5H2;1-3H,(H,7,8);3H,1-2H2;2*1H4. The highest BCUT2D eigenvalue weighted by Gasteiger charge is 2.64. The number of oxazole rings is 2. The van der Waals surface area contributed by atoms with E-state index < -0.39 is 69.3 Å². The van der Waals surface area contributed by atoms with Crippen LogP contribution in [0.1, 0.15) is 148 Å². The van der Waals surface area contributed by atoms with Crippen LogP contribution in [0, 0.1) is 23.3 Å². The molecule has 0 bridgehead atoms. The van der Waals surface area contributed by atoms with Gasteiger partial charge in [-0.2, -0.15) is 0 Å². The Hall–Kier alpha value is -9.40. The van der Waals surface area contributed by atoms with Gasteiger partial charge in [0.25, 0.3) is 28.5 Å². The maximum absolute atomic E-state index is 13.9. The fourth-order valence-electron chi connectivity index (χ4n) is 11.7. The molecule has 32 nitrogen and oxygen atoms in total. The number of H-pyrrole nitrogens is 1. The van der Waals surface area contributed by atoms with Crippen LogP contribution in [-0.2, 0) is 60.0 Å². The van der Waals surface area contributed by atoms with Crippen molar-refractivity contribution in [2.45, 2.75) is 168 Å². The average Bonchev–Trinajstić information content (AvgIpc) is 1.60. The van der Waals surface area contributed by atoms with E-state index in [2.05, 4.69) is 93.3 Å². The Morgan fingerprint density at radius 2 is 0.872 bits per heavy atom. The third-order valence-electron chi connectivity index (χ3n) is 21.2. The third-order valence-corrected chi connectivity index (χ3v) is 23.0. The lowest BCUT2D eigenvalue weighted by atomic mass is 9.49. The van der Waals surface area contributed by atoms with Gasteiger partial charge in [0.15, 0.2) is 39.6 Å². The molecule has 0 atom stereocenters. The summed E-state index contributed by atoms with van der Waals surface area (Å²) in [4.78, 5) is 98.5. The number of aromatic nitrogens is 10. The van der Waals surface area contributed by atoms with E-state index in [0.717, 1.165) is 51.9 Å². The Kier molecular flexibility index (Phi) is 33.4. The monoisotopic (exact) mass is 1950 g/mol. The third kappa shape index (κ3) is 24.3. The van der Waals surface area contributed by atoms with Crippen molar-refractivity contribution in [3.05, 3.63) is 236 Å². The highest BCUT2D eigenvalue weighted by atomic mass is 79.9. The summed E-state index contributed by atoms with van der Waals surface area (Å²) in [6.45, 7) is 28.5. The molecule has 0 saturated carbocycles. The van der Waals surface area contributed by atoms with E-state index in [0.29, 0.717) is 50.0 Å². The van der Waals surface area contributed by atoms with Gasteiger partial charge in [-0.15, -0.1) is 0 Å². The molecule has 10 aromatic rings. The fourth-order valence-corrected chi connectivity index (χ4v) is 12.8. The van der Waals surface area contributed by atoms with Gasteiger partial charge in [0.1, 0.15) is 41.5 Å². The first-order valence-electron chi connectivity index (χ1n) is 38.4. The number of anilines is 2. The molecule has 7 aliphatic rings. The second kappa shape index (κ2) is 42.0. The maximum Gasteiger partial charge on any atom is 0.496 e. The molecule has 7 N–H and O–H groups in total. The van der Waals surface area contributed by atoms with Crippen LogP contribution in [0.15, 0.2) is 172 Å². The number of benzene rings is 2. The van der Waals surface area contributed by atoms with Gasteiger partial charge in [0.2, 0.25) is 17.3 Å². The molecular formula is C82H97B3Br3ClF4N14O18. The minimum atomic E-state index is -0.800. The predicted molar refractivity (Wildman–Crippen MR) is 472 cm³/mol. The smallest absolute Gasteiger partial charge is 0.443 e. The molecule has 7 aliphatic heterocycles. The van der Waals surface area contributed by atoms with E-state index >= 15 is 0 Å². The Morgan fingerprint density at radius 3 is 1.26 bits per heavy atom. The molecule has 0 spiro atoms. The van der Waals surface area contributed by atoms with Gasteiger partial charge < -0.3 is 96.5 Å². The fraction of sp³-hybridized carbons (Fsp3) is 0.415. The number of pyridine rings is 4. The number of nitrogen functional groups attached to an aromatic ring is 2. The molecular weight excluding hydrogens is 1850 g/mol. The highest BCUT2D eigenvalue weighted by Crippen LogP contribution is 2.44. The summed E-state index contributed by atoms with van der Waals surface area (Å²) in [7, 11) is -1.39. The topological polar surface area (TPSA) is 405 Å². The zero-order valence-electron chi connectivity index (χ0n) is 68.9. The molecule has 7 saturated heterocycles. The first-order valence-corrected chi connectivity index (χ1v) is 41.3. The van der Waals surface area contributed by atoms with Crippen LogP contribution >= 0.6 is 59.4 Å². The molecule has 15 heterocycles. The van der Waals surface area contributed by atoms with Gasteiger partial charge in [-0.05, 0) is 163 Å². The number of aromatic amines is 1. The number of rotatable bonds is 14. The molecule has 0 unspecified atom stereocenters. The molecule has 0 aliphatic carbocycles. The molecule has 7 fully saturated rings. The first kappa shape index (κ1) is 99.4. The maximum atomic E-state index is 13.9. The second-order valence-corrected chi connectivity index (χ2v) is 35.1. The van der Waals surface area contributed by atoms with Crippen molar-refractivity contribution in [3.63, 3.8) is 0 Å². The van der Waals surface area contributed by atoms with Crippen LogP contribution in [-0.4, -0.2) is 173 Å². The van der Waals surface area contributed by atoms with Crippen molar-refractivity contribution in [3.8, 4) is 34.4 Å². The number of nitrogens with zero attached hydrogens (tertiary/aromatic N) is 9. The molecule has 125 heavy (non-hydrogen) atoms. The first-order chi connectivity index (χ1) is 58.0. The number of amides is 2. The van der Waals surface area contributed by atoms with Gasteiger partial charge in [-0.1, -0.05) is 60.6 Å². The summed E-state index contributed by atoms with van der Waals surface area (Å²) in [5.41, 5.74) is 9.83. The van der Waals surface area contributed by atoms with Crippen LogP contribution < -0.4 is 49.8 Å². The van der Waals surface area contributed by atoms with Crippen LogP contribution in [0.2, 0.25) is 5.15 Å². The van der Waals surface area contributed by atoms with Crippen LogP contribution in [0.4, 0.5) is 29.2 Å². The number of halogens is 8. The number of nitrogens with two attached hydrogens (primary N) is 2. The SMILES string of the molecule is BrC1COC1.C.C.CC1(C)OB(B2OC(C)(C)C(C)(C)O2)OC1(C)C.CC1(C)OB(c2ccc(=O)n(C3COC3)c2)OC1(C)C.Nc1nc(-c2ncco2)c(-c2ccc(=O)n(C3COC3)c2)nc1C(=O)NCc1c(F)cccc1F.Nc1nc(-c2ncco2)c(Cl)nc1C(=O)NCc1c(F)cccc1F.O=c1ccc(Br)c[nH]1.O=c1ccc(Br)cn1C1COC1. The van der Waals surface area contributed by atoms with E-state index in [1.54, 1.807) is 58.1 Å². The van der Waals surface area contributed by atoms with Gasteiger partial charge >= 0.3 is 21.1 Å². The lowest BCUT2D eigenvalue weighted by molar-refractivity contribution is -0.0249. The second-order valence-electron chi connectivity index (χ2n) is 31.6. The summed E-state index contributed by atoms with van der Waals surface area (Å²) in [6.07, 6.45) is 12.3. The molecule has 2 aromatic carbocycles. The van der Waals surface area contributed by atoms with Crippen LogP contribution in [0.25, 0.3) is 34.4 Å². The lowest BCUT2D eigenvalue weighted by Gasteiger charge is -2.32. The highest BCUT2D eigenvalue weighted by molar-refractivity contribution is 9.10. The minimum Gasteiger partial charge on any atom is -0.443 e. The molecule has 8 aromatic heterocycles. The number of hydrogen-bond donors (Lipinski definition) is 5. The van der Waals surface area contributed by atoms with E-state index in [1.807, 2.05) is 89.3 Å². The quantitative estimate of drug-likeness (QED) is 0.0383. The zero-order valence-corrected chi connectivity index (χ0v) is 74.4. The summed E-state index contributed by atoms with van der Waals surface area (Å²) >= 11 is 15.8. The Morgan fingerprint density at radius 1 is 0.496 bits per heavy atom. The zero-order chi connectivity index (χ0) is 89.3. The predicted octanol–water partition coefficient (Wildman–Crippen LogP) is 12.2. The Bertz CT molecular complexity index is 5510. The molecule has 17 rings (SSSR count). The summed E-state index contributed by atoms with van der Waals surface area (Å²) < 4.78 is 128. The van der Waals surface area contributed by atoms with Crippen LogP contribution in [0.5, 0.6) is 0 Å². The van der Waals surface area contributed by atoms with Gasteiger partial charge in [-0.25, -0.2) is 47.5 Å². The van der Waals surface area contributed by atoms with E-state index in [9.17, 15) is 46.3 Å². The van der Waals surface area contributed by atoms with Gasteiger partial charge in [-0.3, -0.25) is 28.8 Å². The number of ether oxygens (including phenoxy) is 4. The summed E-state index contributed by atoms with van der Waals surface area (Å²) in [5.74, 6) is -5.02. The molecule has 2 amide bonds. The van der Waals surface area contributed by atoms with Crippen molar-refractivity contribution < 1.29 is 82.9 Å². The van der Waals surface area contributed by atoms with E-state index in [-0.39, 0.29) is 157 Å². The Labute approximate surface area is 749 Å². The Balaban J connectivity index is 0.000000175. The number of carbonyl (C=O) groups is 2. The number of hydrogen-bond acceptors (Lipinski definition) is 26. The number of carbonyl (C=O) groups excluding carboxylic acids is 2. The molecule has 668 valence electrons. The van der Waals surface area contributed by atoms with Gasteiger partial charge in [0, 0.05) is 87.8 Å². The summed E-state index contributed by atoms with van der Waals surface area (Å²) in [6, 6.07) is 19.7. The number of alkyl halides is 1. The van der Waals surface area contributed by atoms with Crippen molar-refractivity contribution in [2.75, 3.05) is 64.3 Å². The largest absolute Gasteiger partial charge is 0.496 e. The van der Waals surface area contributed by atoms with Crippen molar-refractivity contribution in [2.24, 2.45) is 0 Å². The summed E-state index contributed by atoms with van der Waals surface area (Å²) in [5, 5.41) is 4.58. The van der Waals surface area contributed by atoms with Crippen molar-refractivity contribution in [1.82, 2.24) is 59.2 Å². The average molecular weight is 1950 g/mol.